The van der Waals surface area contributed by atoms with Crippen LogP contribution in [0.4, 0.5) is 52.7 Å². The molecule has 166 valence electrons. The van der Waals surface area contributed by atoms with Gasteiger partial charge < -0.3 is 0 Å². The summed E-state index contributed by atoms with van der Waals surface area (Å²) >= 11 is 0. The van der Waals surface area contributed by atoms with Gasteiger partial charge in [-0.1, -0.05) is 23.4 Å². The third kappa shape index (κ3) is 4.37. The maximum Gasteiger partial charge on any atom is 0.460 e. The van der Waals surface area contributed by atoms with Gasteiger partial charge in [0.2, 0.25) is 0 Å². The predicted octanol–water partition coefficient (Wildman–Crippen LogP) is 4.81. The van der Waals surface area contributed by atoms with E-state index in [4.69, 9.17) is 0 Å². The Balaban J connectivity index is 3.26. The molecule has 29 heavy (non-hydrogen) atoms. The lowest BCUT2D eigenvalue weighted by Gasteiger charge is -2.31. The minimum absolute atomic E-state index is 0.212. The molecular formula is C12H5F12NO3S. The highest BCUT2D eigenvalue weighted by Gasteiger charge is 2.86. The number of hydrogen-bond acceptors (Lipinski definition) is 4. The second-order valence-corrected chi connectivity index (χ2v) is 6.58. The highest BCUT2D eigenvalue weighted by Crippen LogP contribution is 2.54. The number of alkyl halides is 12. The first-order chi connectivity index (χ1) is 12.7. The quantitative estimate of drug-likeness (QED) is 0.340. The minimum Gasteiger partial charge on any atom is -0.264 e. The third-order valence-electron chi connectivity index (χ3n) is 3.03. The number of nitrogens with zero attached hydrogens (tertiary/aromatic N) is 1. The Morgan fingerprint density at radius 3 is 1.72 bits per heavy atom. The fourth-order valence-corrected chi connectivity index (χ4v) is 2.26. The molecule has 0 aliphatic rings. The molecule has 1 rings (SSSR count). The molecule has 1 aromatic rings. The lowest BCUT2D eigenvalue weighted by molar-refractivity contribution is -0.382. The summed E-state index contributed by atoms with van der Waals surface area (Å²) in [5, 5.41) is -5.12. The van der Waals surface area contributed by atoms with Crippen molar-refractivity contribution in [3.63, 3.8) is 0 Å². The Kier molecular flexibility index (Phi) is 6.20. The molecule has 17 heteroatoms. The van der Waals surface area contributed by atoms with Crippen molar-refractivity contribution in [2.75, 3.05) is 0 Å². The Bertz CT molecular complexity index is 873. The number of rotatable bonds is 6. The first-order valence-electron chi connectivity index (χ1n) is 6.53. The van der Waals surface area contributed by atoms with Crippen LogP contribution < -0.4 is 0 Å². The monoisotopic (exact) mass is 471 g/mol. The predicted molar refractivity (Wildman–Crippen MR) is 69.9 cm³/mol. The van der Waals surface area contributed by atoms with Gasteiger partial charge in [0.05, 0.1) is 11.8 Å². The molecule has 0 fully saturated rings. The summed E-state index contributed by atoms with van der Waals surface area (Å²) < 4.78 is 177. The standard InChI is InChI=1S/C12H5F12NO3S/c13-8(14,15)7-4-2-1-3-6(7)5-25-28-29(26,27)12(23,24)10(18,19)9(16,17)11(20,21)22/h1-5H. The van der Waals surface area contributed by atoms with Crippen LogP contribution in [0.15, 0.2) is 29.4 Å². The molecule has 0 spiro atoms. The fraction of sp³-hybridized carbons (Fsp3) is 0.417. The van der Waals surface area contributed by atoms with Gasteiger partial charge in [0, 0.05) is 5.56 Å². The maximum absolute atomic E-state index is 13.3. The molecule has 1 aromatic carbocycles. The van der Waals surface area contributed by atoms with Crippen molar-refractivity contribution in [3.8, 4) is 0 Å². The van der Waals surface area contributed by atoms with Gasteiger partial charge in [-0.25, -0.2) is 0 Å². The van der Waals surface area contributed by atoms with E-state index in [1.54, 1.807) is 0 Å². The van der Waals surface area contributed by atoms with Gasteiger partial charge in [0.1, 0.15) is 0 Å². The fourth-order valence-electron chi connectivity index (χ4n) is 1.57. The van der Waals surface area contributed by atoms with Crippen LogP contribution in [0.3, 0.4) is 0 Å². The van der Waals surface area contributed by atoms with Crippen molar-refractivity contribution in [2.24, 2.45) is 5.16 Å². The van der Waals surface area contributed by atoms with E-state index in [0.29, 0.717) is 12.1 Å². The van der Waals surface area contributed by atoms with Crippen molar-refractivity contribution in [1.29, 1.82) is 0 Å². The normalized spacial score (nSPS) is 15.0. The van der Waals surface area contributed by atoms with E-state index in [-0.39, 0.29) is 6.21 Å². The zero-order valence-electron chi connectivity index (χ0n) is 13.0. The topological polar surface area (TPSA) is 55.7 Å². The van der Waals surface area contributed by atoms with Gasteiger partial charge >= 0.3 is 39.6 Å². The molecule has 0 bridgehead atoms. The lowest BCUT2D eigenvalue weighted by Crippen LogP contribution is -2.63. The average molecular weight is 471 g/mol. The summed E-state index contributed by atoms with van der Waals surface area (Å²) in [7, 11) is -7.32. The van der Waals surface area contributed by atoms with Crippen LogP contribution in [-0.2, 0) is 20.6 Å². The summed E-state index contributed by atoms with van der Waals surface area (Å²) in [6.07, 6.45) is -12.6. The highest BCUT2D eigenvalue weighted by molar-refractivity contribution is 7.87. The molecule has 0 saturated heterocycles. The molecule has 0 aliphatic heterocycles. The third-order valence-corrected chi connectivity index (χ3v) is 4.20. The zero-order chi connectivity index (χ0) is 23.1. The van der Waals surface area contributed by atoms with Crippen molar-refractivity contribution in [3.05, 3.63) is 35.4 Å². The first-order valence-corrected chi connectivity index (χ1v) is 7.94. The van der Waals surface area contributed by atoms with Crippen LogP contribution in [0.5, 0.6) is 0 Å². The molecule has 0 aliphatic carbocycles. The van der Waals surface area contributed by atoms with Gasteiger partial charge in [-0.3, -0.25) is 4.28 Å². The second kappa shape index (κ2) is 7.24. The average Bonchev–Trinajstić information content (AvgIpc) is 2.52. The van der Waals surface area contributed by atoms with Crippen molar-refractivity contribution in [1.82, 2.24) is 0 Å². The van der Waals surface area contributed by atoms with Crippen molar-refractivity contribution in [2.45, 2.75) is 29.5 Å². The SMILES string of the molecule is O=S(=O)(ON=Cc1ccccc1C(F)(F)F)C(F)(F)C(F)(F)C(F)(F)C(F)(F)F. The van der Waals surface area contributed by atoms with Crippen LogP contribution in [0.25, 0.3) is 0 Å². The van der Waals surface area contributed by atoms with E-state index in [9.17, 15) is 61.1 Å². The van der Waals surface area contributed by atoms with Gasteiger partial charge in [-0.05, 0) is 6.07 Å². The summed E-state index contributed by atoms with van der Waals surface area (Å²) in [6, 6.07) is 2.75. The number of hydrogen-bond donors (Lipinski definition) is 0. The van der Waals surface area contributed by atoms with Gasteiger partial charge in [0.25, 0.3) is 0 Å². The van der Waals surface area contributed by atoms with Crippen LogP contribution in [-0.4, -0.2) is 37.9 Å². The van der Waals surface area contributed by atoms with Gasteiger partial charge in [-0.15, -0.1) is 0 Å². The van der Waals surface area contributed by atoms with E-state index in [1.807, 2.05) is 0 Å². The summed E-state index contributed by atoms with van der Waals surface area (Å²) in [6.45, 7) is 0. The van der Waals surface area contributed by atoms with E-state index in [1.165, 1.54) is 0 Å². The molecule has 0 saturated carbocycles. The summed E-state index contributed by atoms with van der Waals surface area (Å²) in [5.74, 6) is -15.1. The summed E-state index contributed by atoms with van der Waals surface area (Å²) in [5.41, 5.74) is -2.56. The Labute approximate surface area is 152 Å². The van der Waals surface area contributed by atoms with Gasteiger partial charge in [-0.2, -0.15) is 61.1 Å². The van der Waals surface area contributed by atoms with E-state index in [2.05, 4.69) is 9.44 Å². The molecule has 0 aromatic heterocycles. The van der Waals surface area contributed by atoms with E-state index >= 15 is 0 Å². The minimum atomic E-state index is -7.56. The molecule has 4 nitrogen and oxygen atoms in total. The molecule has 0 atom stereocenters. The van der Waals surface area contributed by atoms with Crippen LogP contribution in [0, 0.1) is 0 Å². The smallest absolute Gasteiger partial charge is 0.264 e. The molecule has 0 unspecified atom stereocenters. The van der Waals surface area contributed by atoms with Crippen LogP contribution in [0.1, 0.15) is 11.1 Å². The first kappa shape index (κ1) is 24.8. The second-order valence-electron chi connectivity index (χ2n) is 5.01. The maximum atomic E-state index is 13.3. The molecule has 0 N–H and O–H groups in total. The van der Waals surface area contributed by atoms with Crippen LogP contribution >= 0.6 is 0 Å². The van der Waals surface area contributed by atoms with Crippen molar-refractivity contribution < 1.29 is 65.4 Å². The highest BCUT2D eigenvalue weighted by atomic mass is 32.2. The largest absolute Gasteiger partial charge is 0.460 e. The zero-order valence-corrected chi connectivity index (χ0v) is 13.8. The molecular weight excluding hydrogens is 466 g/mol. The lowest BCUT2D eigenvalue weighted by atomic mass is 10.1. The van der Waals surface area contributed by atoms with Crippen LogP contribution in [0.2, 0.25) is 0 Å². The Morgan fingerprint density at radius 1 is 0.793 bits per heavy atom. The number of oxime groups is 1. The van der Waals surface area contributed by atoms with Crippen molar-refractivity contribution >= 4 is 16.3 Å². The number of halogens is 12. The van der Waals surface area contributed by atoms with E-state index in [0.717, 1.165) is 12.1 Å². The van der Waals surface area contributed by atoms with Gasteiger partial charge in [0.15, 0.2) is 0 Å². The Hall–Kier alpha value is -2.20. The van der Waals surface area contributed by atoms with E-state index < -0.39 is 50.7 Å². The summed E-state index contributed by atoms with van der Waals surface area (Å²) in [4.78, 5) is 0. The number of benzene rings is 1. The Morgan fingerprint density at radius 2 is 1.28 bits per heavy atom. The molecule has 0 radical (unpaired) electrons. The molecule has 0 heterocycles. The molecule has 0 amide bonds.